The van der Waals surface area contributed by atoms with E-state index in [1.54, 1.807) is 0 Å². The van der Waals surface area contributed by atoms with Crippen molar-refractivity contribution >= 4 is 0 Å². The molecule has 2 aliphatic carbocycles. The van der Waals surface area contributed by atoms with Crippen LogP contribution in [0.2, 0.25) is 0 Å². The number of hydrogen-bond donors (Lipinski definition) is 1. The predicted octanol–water partition coefficient (Wildman–Crippen LogP) is 3.56. The third-order valence-electron chi connectivity index (χ3n) is 5.99. The number of piperazine rings is 1. The van der Waals surface area contributed by atoms with E-state index in [1.807, 2.05) is 0 Å². The topological polar surface area (TPSA) is 15.3 Å². The summed E-state index contributed by atoms with van der Waals surface area (Å²) in [6.45, 7) is 8.68. The van der Waals surface area contributed by atoms with Gasteiger partial charge < -0.3 is 5.32 Å². The highest BCUT2D eigenvalue weighted by Crippen LogP contribution is 2.50. The van der Waals surface area contributed by atoms with Crippen molar-refractivity contribution in [3.05, 3.63) is 0 Å². The average molecular weight is 264 g/mol. The first-order chi connectivity index (χ1) is 9.17. The maximum atomic E-state index is 3.91. The molecular formula is C17H32N2. The zero-order valence-corrected chi connectivity index (χ0v) is 13.0. The van der Waals surface area contributed by atoms with Gasteiger partial charge in [0.05, 0.1) is 0 Å². The molecule has 0 amide bonds. The summed E-state index contributed by atoms with van der Waals surface area (Å²) < 4.78 is 0. The maximum Gasteiger partial charge on any atom is 0.0309 e. The molecule has 1 N–H and O–H groups in total. The van der Waals surface area contributed by atoms with E-state index in [9.17, 15) is 0 Å². The lowest BCUT2D eigenvalue weighted by Crippen LogP contribution is -2.64. The van der Waals surface area contributed by atoms with Gasteiger partial charge in [0, 0.05) is 31.2 Å². The predicted molar refractivity (Wildman–Crippen MR) is 81.4 cm³/mol. The summed E-state index contributed by atoms with van der Waals surface area (Å²) in [5.74, 6) is 0. The van der Waals surface area contributed by atoms with E-state index in [0.29, 0.717) is 5.54 Å². The first-order valence-corrected chi connectivity index (χ1v) is 8.66. The molecular weight excluding hydrogens is 232 g/mol. The van der Waals surface area contributed by atoms with Gasteiger partial charge in [0.2, 0.25) is 0 Å². The molecule has 1 aliphatic heterocycles. The normalized spacial score (nSPS) is 33.5. The van der Waals surface area contributed by atoms with Gasteiger partial charge >= 0.3 is 0 Å². The van der Waals surface area contributed by atoms with E-state index in [1.165, 1.54) is 77.4 Å². The van der Waals surface area contributed by atoms with Gasteiger partial charge in [-0.3, -0.25) is 4.90 Å². The third-order valence-corrected chi connectivity index (χ3v) is 5.99. The second-order valence-electron chi connectivity index (χ2n) is 7.73. The van der Waals surface area contributed by atoms with Crippen LogP contribution in [0.15, 0.2) is 0 Å². The van der Waals surface area contributed by atoms with Crippen molar-refractivity contribution < 1.29 is 0 Å². The molecule has 1 atom stereocenters. The molecule has 19 heavy (non-hydrogen) atoms. The second kappa shape index (κ2) is 5.37. The van der Waals surface area contributed by atoms with E-state index < -0.39 is 0 Å². The van der Waals surface area contributed by atoms with Crippen LogP contribution in [0.1, 0.15) is 71.6 Å². The minimum Gasteiger partial charge on any atom is -0.308 e. The molecule has 0 aromatic carbocycles. The third kappa shape index (κ3) is 3.00. The van der Waals surface area contributed by atoms with Crippen molar-refractivity contribution in [2.45, 2.75) is 83.2 Å². The van der Waals surface area contributed by atoms with Gasteiger partial charge in [-0.15, -0.1) is 0 Å². The van der Waals surface area contributed by atoms with Crippen LogP contribution in [0.3, 0.4) is 0 Å². The molecule has 1 spiro atoms. The molecule has 0 radical (unpaired) electrons. The zero-order chi connectivity index (χ0) is 13.3. The summed E-state index contributed by atoms with van der Waals surface area (Å²) in [7, 11) is 0. The van der Waals surface area contributed by atoms with Gasteiger partial charge in [0.15, 0.2) is 0 Å². The minimum absolute atomic E-state index is 0.479. The molecule has 1 saturated heterocycles. The first-order valence-electron chi connectivity index (χ1n) is 8.66. The minimum atomic E-state index is 0.479. The number of nitrogens with one attached hydrogen (secondary N) is 1. The second-order valence-corrected chi connectivity index (χ2v) is 7.73. The highest BCUT2D eigenvalue weighted by Gasteiger charge is 2.46. The standard InChI is InChI=1S/C17H32N2/c1-3-7-16(10-11-16)13-19-14-17(18-12-15(19)2)8-5-4-6-9-17/h15,18H,3-14H2,1-2H3. The Morgan fingerprint density at radius 1 is 1.11 bits per heavy atom. The number of hydrogen-bond acceptors (Lipinski definition) is 2. The summed E-state index contributed by atoms with van der Waals surface area (Å²) >= 11 is 0. The highest BCUT2D eigenvalue weighted by molar-refractivity contribution is 5.02. The number of nitrogens with zero attached hydrogens (tertiary/aromatic N) is 1. The number of rotatable bonds is 4. The van der Waals surface area contributed by atoms with Crippen molar-refractivity contribution in [3.8, 4) is 0 Å². The molecule has 2 saturated carbocycles. The molecule has 0 aromatic heterocycles. The fourth-order valence-corrected chi connectivity index (χ4v) is 4.49. The van der Waals surface area contributed by atoms with Crippen molar-refractivity contribution in [2.24, 2.45) is 5.41 Å². The van der Waals surface area contributed by atoms with Gasteiger partial charge in [0.25, 0.3) is 0 Å². The van der Waals surface area contributed by atoms with E-state index in [4.69, 9.17) is 0 Å². The average Bonchev–Trinajstić information content (AvgIpc) is 3.16. The molecule has 0 aromatic rings. The maximum absolute atomic E-state index is 3.91. The molecule has 2 heteroatoms. The Bertz CT molecular complexity index is 302. The molecule has 1 unspecified atom stereocenters. The van der Waals surface area contributed by atoms with Crippen LogP contribution >= 0.6 is 0 Å². The fourth-order valence-electron chi connectivity index (χ4n) is 4.49. The zero-order valence-electron chi connectivity index (χ0n) is 13.0. The van der Waals surface area contributed by atoms with Gasteiger partial charge in [-0.25, -0.2) is 0 Å². The highest BCUT2D eigenvalue weighted by atomic mass is 15.3. The van der Waals surface area contributed by atoms with Crippen LogP contribution in [-0.4, -0.2) is 36.1 Å². The van der Waals surface area contributed by atoms with E-state index >= 15 is 0 Å². The molecule has 0 bridgehead atoms. The van der Waals surface area contributed by atoms with Crippen molar-refractivity contribution in [3.63, 3.8) is 0 Å². The fraction of sp³-hybridized carbons (Fsp3) is 1.00. The molecule has 1 heterocycles. The van der Waals surface area contributed by atoms with Gasteiger partial charge in [-0.05, 0) is 44.4 Å². The van der Waals surface area contributed by atoms with Gasteiger partial charge in [-0.2, -0.15) is 0 Å². The monoisotopic (exact) mass is 264 g/mol. The Morgan fingerprint density at radius 3 is 2.47 bits per heavy atom. The van der Waals surface area contributed by atoms with Crippen LogP contribution in [0, 0.1) is 5.41 Å². The molecule has 3 aliphatic rings. The first kappa shape index (κ1) is 13.9. The SMILES string of the molecule is CCCC1(CN2CC3(CCCCC3)NCC2C)CC1. The summed E-state index contributed by atoms with van der Waals surface area (Å²) in [5.41, 5.74) is 1.20. The lowest BCUT2D eigenvalue weighted by atomic mass is 9.79. The summed E-state index contributed by atoms with van der Waals surface area (Å²) in [5, 5.41) is 3.91. The Hall–Kier alpha value is -0.0800. The van der Waals surface area contributed by atoms with Gasteiger partial charge in [0.1, 0.15) is 0 Å². The molecule has 2 nitrogen and oxygen atoms in total. The summed E-state index contributed by atoms with van der Waals surface area (Å²) in [4.78, 5) is 2.84. The quantitative estimate of drug-likeness (QED) is 0.835. The van der Waals surface area contributed by atoms with Crippen LogP contribution < -0.4 is 5.32 Å². The lowest BCUT2D eigenvalue weighted by molar-refractivity contribution is 0.0462. The van der Waals surface area contributed by atoms with E-state index in [-0.39, 0.29) is 0 Å². The van der Waals surface area contributed by atoms with Crippen molar-refractivity contribution in [1.29, 1.82) is 0 Å². The largest absolute Gasteiger partial charge is 0.308 e. The van der Waals surface area contributed by atoms with Crippen molar-refractivity contribution in [2.75, 3.05) is 19.6 Å². The van der Waals surface area contributed by atoms with Crippen LogP contribution in [-0.2, 0) is 0 Å². The van der Waals surface area contributed by atoms with E-state index in [2.05, 4.69) is 24.1 Å². The Morgan fingerprint density at radius 2 is 1.84 bits per heavy atom. The summed E-state index contributed by atoms with van der Waals surface area (Å²) in [6.07, 6.45) is 13.0. The molecule has 3 rings (SSSR count). The van der Waals surface area contributed by atoms with Gasteiger partial charge in [-0.1, -0.05) is 32.6 Å². The van der Waals surface area contributed by atoms with E-state index in [0.717, 1.165) is 11.5 Å². The van der Waals surface area contributed by atoms with Crippen LogP contribution in [0.25, 0.3) is 0 Å². The lowest BCUT2D eigenvalue weighted by Gasteiger charge is -2.50. The molecule has 110 valence electrons. The molecule has 3 fully saturated rings. The van der Waals surface area contributed by atoms with Crippen LogP contribution in [0.5, 0.6) is 0 Å². The van der Waals surface area contributed by atoms with Crippen LogP contribution in [0.4, 0.5) is 0 Å². The Kier molecular flexibility index (Phi) is 3.92. The Labute approximate surface area is 119 Å². The Balaban J connectivity index is 1.62. The smallest absolute Gasteiger partial charge is 0.0309 e. The summed E-state index contributed by atoms with van der Waals surface area (Å²) in [6, 6.07) is 0.738. The van der Waals surface area contributed by atoms with Crippen molar-refractivity contribution in [1.82, 2.24) is 10.2 Å².